The molecule has 0 N–H and O–H groups in total. The van der Waals surface area contributed by atoms with Crippen molar-refractivity contribution in [2.45, 2.75) is 39.2 Å². The number of hydrogen-bond donors (Lipinski definition) is 0. The average Bonchev–Trinajstić information content (AvgIpc) is 2.35. The van der Waals surface area contributed by atoms with Gasteiger partial charge in [-0.25, -0.2) is 4.79 Å². The molecule has 0 aromatic carbocycles. The Morgan fingerprint density at radius 1 is 1.32 bits per heavy atom. The first kappa shape index (κ1) is 16.7. The summed E-state index contributed by atoms with van der Waals surface area (Å²) in [6, 6.07) is 0. The first-order chi connectivity index (χ1) is 8.74. The Balaban J connectivity index is 2.49. The third-order valence-electron chi connectivity index (χ3n) is 2.79. The number of hydrogen-bond acceptors (Lipinski definition) is 4. The van der Waals surface area contributed by atoms with Gasteiger partial charge in [-0.1, -0.05) is 11.6 Å². The Hall–Kier alpha value is -0.370. The molecular weight excluding hydrogens is 382 g/mol. The molecule has 0 bridgehead atoms. The second kappa shape index (κ2) is 6.88. The van der Waals surface area contributed by atoms with Crippen LogP contribution in [-0.2, 0) is 9.53 Å². The minimum absolute atomic E-state index is 0.0244. The maximum absolute atomic E-state index is 11.8. The van der Waals surface area contributed by atoms with Gasteiger partial charge in [0.05, 0.1) is 22.9 Å². The van der Waals surface area contributed by atoms with E-state index < -0.39 is 5.60 Å². The minimum atomic E-state index is -0.499. The lowest BCUT2D eigenvalue weighted by Crippen LogP contribution is -2.43. The zero-order chi connectivity index (χ0) is 14.6. The lowest BCUT2D eigenvalue weighted by Gasteiger charge is -2.32. The number of halogens is 2. The minimum Gasteiger partial charge on any atom is -0.444 e. The normalized spacial score (nSPS) is 18.4. The summed E-state index contributed by atoms with van der Waals surface area (Å²) in [6.07, 6.45) is 0.869. The number of rotatable bonds is 2. The Kier molecular flexibility index (Phi) is 6.04. The van der Waals surface area contributed by atoms with Gasteiger partial charge in [-0.15, -0.1) is 0 Å². The van der Waals surface area contributed by atoms with Crippen LogP contribution in [0.5, 0.6) is 0 Å². The van der Waals surface area contributed by atoms with Crippen LogP contribution in [0.25, 0.3) is 0 Å². The first-order valence-electron chi connectivity index (χ1n) is 6.11. The molecule has 1 aliphatic rings. The lowest BCUT2D eigenvalue weighted by atomic mass is 9.93. The molecule has 1 aliphatic heterocycles. The number of piperidine rings is 1. The van der Waals surface area contributed by atoms with Crippen molar-refractivity contribution in [1.82, 2.24) is 4.90 Å². The molecule has 1 fully saturated rings. The number of nitrogens with zero attached hydrogens (tertiary/aromatic N) is 2. The van der Waals surface area contributed by atoms with Gasteiger partial charge in [-0.3, -0.25) is 4.79 Å². The van der Waals surface area contributed by atoms with E-state index in [-0.39, 0.29) is 23.0 Å². The Morgan fingerprint density at radius 2 is 1.84 bits per heavy atom. The van der Waals surface area contributed by atoms with Crippen LogP contribution in [0.4, 0.5) is 4.79 Å². The van der Waals surface area contributed by atoms with Gasteiger partial charge in [-0.05, 0) is 33.6 Å². The highest BCUT2D eigenvalue weighted by molar-refractivity contribution is 14.1. The first-order valence-corrected chi connectivity index (χ1v) is 7.45. The molecule has 0 atom stereocenters. The number of ketones is 1. The van der Waals surface area contributed by atoms with Gasteiger partial charge in [0.15, 0.2) is 11.0 Å². The van der Waals surface area contributed by atoms with E-state index in [1.807, 2.05) is 20.8 Å². The van der Waals surface area contributed by atoms with E-state index in [1.165, 1.54) is 0 Å². The highest BCUT2D eigenvalue weighted by atomic mass is 127. The van der Waals surface area contributed by atoms with Crippen molar-refractivity contribution in [3.8, 4) is 0 Å². The number of Topliss-reactive ketones (excluding diaryl/α,β-unsaturated/α-hetero) is 1. The standard InChI is InChI=1S/C12H18ClIN2O3/c1-12(2,3)19-11(18)16-6-4-8(5-7-16)9(17)10(13)15-14/h8H,4-7H2,1-3H3/b15-10-. The van der Waals surface area contributed by atoms with Gasteiger partial charge in [0.2, 0.25) is 0 Å². The third-order valence-corrected chi connectivity index (χ3v) is 3.83. The van der Waals surface area contributed by atoms with Gasteiger partial charge in [0.1, 0.15) is 5.60 Å². The third kappa shape index (κ3) is 5.25. The Labute approximate surface area is 132 Å². The molecule has 1 amide bonds. The maximum atomic E-state index is 11.8. The molecule has 1 heterocycles. The number of carbonyl (C=O) groups is 2. The summed E-state index contributed by atoms with van der Waals surface area (Å²) >= 11 is 7.43. The molecule has 0 radical (unpaired) electrons. The van der Waals surface area contributed by atoms with E-state index in [9.17, 15) is 9.59 Å². The van der Waals surface area contributed by atoms with E-state index in [2.05, 4.69) is 3.21 Å². The van der Waals surface area contributed by atoms with Crippen LogP contribution >= 0.6 is 34.5 Å². The fourth-order valence-electron chi connectivity index (χ4n) is 1.86. The fraction of sp³-hybridized carbons (Fsp3) is 0.750. The van der Waals surface area contributed by atoms with Crippen LogP contribution in [0.2, 0.25) is 0 Å². The predicted octanol–water partition coefficient (Wildman–Crippen LogP) is 3.19. The quantitative estimate of drug-likeness (QED) is 0.528. The highest BCUT2D eigenvalue weighted by Gasteiger charge is 2.31. The number of amides is 1. The molecule has 0 saturated carbocycles. The summed E-state index contributed by atoms with van der Waals surface area (Å²) in [5, 5.41) is 0.0244. The second-order valence-electron chi connectivity index (χ2n) is 5.48. The molecule has 1 saturated heterocycles. The molecule has 0 unspecified atom stereocenters. The van der Waals surface area contributed by atoms with Crippen molar-refractivity contribution < 1.29 is 14.3 Å². The Bertz CT molecular complexity index is 385. The van der Waals surface area contributed by atoms with Crippen LogP contribution in [0.3, 0.4) is 0 Å². The van der Waals surface area contributed by atoms with E-state index in [1.54, 1.807) is 27.8 Å². The van der Waals surface area contributed by atoms with Gasteiger partial charge in [0, 0.05) is 19.0 Å². The largest absolute Gasteiger partial charge is 0.444 e. The van der Waals surface area contributed by atoms with E-state index >= 15 is 0 Å². The molecular formula is C12H18ClIN2O3. The van der Waals surface area contributed by atoms with Crippen LogP contribution in [0.1, 0.15) is 33.6 Å². The SMILES string of the molecule is CC(C)(C)OC(=O)N1CCC(C(=O)/C(Cl)=N/I)CC1. The van der Waals surface area contributed by atoms with Gasteiger partial charge in [-0.2, -0.15) is 3.21 Å². The van der Waals surface area contributed by atoms with Gasteiger partial charge >= 0.3 is 6.09 Å². The van der Waals surface area contributed by atoms with E-state index in [4.69, 9.17) is 16.3 Å². The molecule has 0 aliphatic carbocycles. The van der Waals surface area contributed by atoms with Crippen LogP contribution in [-0.4, -0.2) is 40.6 Å². The molecule has 7 heteroatoms. The topological polar surface area (TPSA) is 59.0 Å². The van der Waals surface area contributed by atoms with E-state index in [0.717, 1.165) is 0 Å². The number of carbonyl (C=O) groups excluding carboxylic acids is 2. The fourth-order valence-corrected chi connectivity index (χ4v) is 2.25. The Morgan fingerprint density at radius 3 is 2.26 bits per heavy atom. The van der Waals surface area contributed by atoms with Crippen molar-refractivity contribution in [2.75, 3.05) is 13.1 Å². The highest BCUT2D eigenvalue weighted by Crippen LogP contribution is 2.21. The molecule has 0 aromatic heterocycles. The molecule has 19 heavy (non-hydrogen) atoms. The summed E-state index contributed by atoms with van der Waals surface area (Å²) in [5.74, 6) is -0.287. The van der Waals surface area contributed by atoms with Crippen LogP contribution < -0.4 is 0 Å². The van der Waals surface area contributed by atoms with Crippen molar-refractivity contribution >= 4 is 51.5 Å². The molecule has 1 rings (SSSR count). The second-order valence-corrected chi connectivity index (χ2v) is 6.32. The van der Waals surface area contributed by atoms with Gasteiger partial charge in [0.25, 0.3) is 0 Å². The summed E-state index contributed by atoms with van der Waals surface area (Å²) in [6.45, 7) is 6.51. The maximum Gasteiger partial charge on any atom is 0.410 e. The molecule has 108 valence electrons. The predicted molar refractivity (Wildman–Crippen MR) is 82.8 cm³/mol. The zero-order valence-corrected chi connectivity index (χ0v) is 14.2. The van der Waals surface area contributed by atoms with Gasteiger partial charge < -0.3 is 9.64 Å². The zero-order valence-electron chi connectivity index (χ0n) is 11.3. The summed E-state index contributed by atoms with van der Waals surface area (Å²) < 4.78 is 8.96. The average molecular weight is 401 g/mol. The molecule has 0 aromatic rings. The van der Waals surface area contributed by atoms with Crippen LogP contribution in [0, 0.1) is 5.92 Å². The summed E-state index contributed by atoms with van der Waals surface area (Å²) in [4.78, 5) is 25.3. The van der Waals surface area contributed by atoms with Crippen LogP contribution in [0.15, 0.2) is 3.21 Å². The molecule has 5 nitrogen and oxygen atoms in total. The summed E-state index contributed by atoms with van der Waals surface area (Å²) in [7, 11) is 0. The number of likely N-dealkylation sites (tertiary alicyclic amines) is 1. The number of ether oxygens (including phenoxy) is 1. The van der Waals surface area contributed by atoms with Crippen molar-refractivity contribution in [2.24, 2.45) is 9.12 Å². The van der Waals surface area contributed by atoms with Crippen molar-refractivity contribution in [1.29, 1.82) is 0 Å². The summed E-state index contributed by atoms with van der Waals surface area (Å²) in [5.41, 5.74) is -0.499. The van der Waals surface area contributed by atoms with Crippen molar-refractivity contribution in [3.05, 3.63) is 0 Å². The monoisotopic (exact) mass is 400 g/mol. The lowest BCUT2D eigenvalue weighted by molar-refractivity contribution is -0.117. The van der Waals surface area contributed by atoms with Crippen molar-refractivity contribution in [3.63, 3.8) is 0 Å². The molecule has 0 spiro atoms. The van der Waals surface area contributed by atoms with E-state index in [0.29, 0.717) is 25.9 Å². The smallest absolute Gasteiger partial charge is 0.410 e.